The summed E-state index contributed by atoms with van der Waals surface area (Å²) in [6.07, 6.45) is 3.71. The number of piperidine rings is 1. The van der Waals surface area contributed by atoms with Gasteiger partial charge in [-0.1, -0.05) is 5.21 Å². The highest BCUT2D eigenvalue weighted by Crippen LogP contribution is 2.18. The molecule has 2 aliphatic rings. The van der Waals surface area contributed by atoms with E-state index in [4.69, 9.17) is 4.74 Å². The van der Waals surface area contributed by atoms with Crippen molar-refractivity contribution in [1.29, 1.82) is 0 Å². The third-order valence-electron chi connectivity index (χ3n) is 4.11. The van der Waals surface area contributed by atoms with E-state index in [1.54, 1.807) is 15.8 Å². The van der Waals surface area contributed by atoms with Crippen LogP contribution >= 0.6 is 0 Å². The molecule has 1 aromatic heterocycles. The van der Waals surface area contributed by atoms with Crippen LogP contribution in [0.1, 0.15) is 29.4 Å². The molecule has 1 unspecified atom stereocenters. The van der Waals surface area contributed by atoms with Gasteiger partial charge in [0.05, 0.1) is 38.1 Å². The normalized spacial score (nSPS) is 24.2. The van der Waals surface area contributed by atoms with Crippen LogP contribution in [0.4, 0.5) is 0 Å². The van der Waals surface area contributed by atoms with E-state index in [0.29, 0.717) is 31.5 Å². The molecule has 2 aliphatic heterocycles. The number of rotatable bonds is 3. The van der Waals surface area contributed by atoms with E-state index in [1.807, 2.05) is 0 Å². The van der Waals surface area contributed by atoms with E-state index in [0.717, 1.165) is 25.9 Å². The molecule has 2 fully saturated rings. The summed E-state index contributed by atoms with van der Waals surface area (Å²) in [5.41, 5.74) is 0.342. The first-order chi connectivity index (χ1) is 10.3. The van der Waals surface area contributed by atoms with Crippen LogP contribution in [0.15, 0.2) is 6.20 Å². The zero-order valence-electron chi connectivity index (χ0n) is 11.9. The van der Waals surface area contributed by atoms with Gasteiger partial charge in [0.2, 0.25) is 0 Å². The lowest BCUT2D eigenvalue weighted by Crippen LogP contribution is -2.50. The Kier molecular flexibility index (Phi) is 4.47. The molecule has 0 aliphatic carbocycles. The largest absolute Gasteiger partial charge is 0.394 e. The second-order valence-electron chi connectivity index (χ2n) is 5.47. The fourth-order valence-corrected chi connectivity index (χ4v) is 2.84. The second-order valence-corrected chi connectivity index (χ2v) is 5.47. The molecule has 1 amide bonds. The second kappa shape index (κ2) is 6.50. The Hall–Kier alpha value is -1.51. The minimum absolute atomic E-state index is 0.103. The number of nitrogens with one attached hydrogen (secondary N) is 1. The Balaban J connectivity index is 1.71. The number of amides is 1. The highest BCUT2D eigenvalue weighted by Gasteiger charge is 2.29. The fourth-order valence-electron chi connectivity index (χ4n) is 2.84. The molecule has 0 bridgehead atoms. The van der Waals surface area contributed by atoms with Crippen LogP contribution in [-0.2, 0) is 4.74 Å². The maximum Gasteiger partial charge on any atom is 0.276 e. The Morgan fingerprint density at radius 3 is 3.05 bits per heavy atom. The number of morpholine rings is 1. The molecule has 8 nitrogen and oxygen atoms in total. The summed E-state index contributed by atoms with van der Waals surface area (Å²) in [5, 5.41) is 20.8. The van der Waals surface area contributed by atoms with Crippen LogP contribution in [0.3, 0.4) is 0 Å². The Labute approximate surface area is 123 Å². The molecule has 2 saturated heterocycles. The third kappa shape index (κ3) is 3.07. The summed E-state index contributed by atoms with van der Waals surface area (Å²) in [7, 11) is 0. The lowest BCUT2D eigenvalue weighted by atomic mass is 10.1. The standard InChI is InChI=1S/C13H21N5O3/c19-8-11-9-21-6-5-17(11)13(20)12-7-18(16-15-12)10-1-3-14-4-2-10/h7,10-11,14,19H,1-6,8-9H2. The lowest BCUT2D eigenvalue weighted by Gasteiger charge is -2.33. The van der Waals surface area contributed by atoms with E-state index in [1.165, 1.54) is 0 Å². The van der Waals surface area contributed by atoms with Gasteiger partial charge in [0.1, 0.15) is 0 Å². The number of aromatic nitrogens is 3. The Bertz CT molecular complexity index is 486. The number of carbonyl (C=O) groups is 1. The van der Waals surface area contributed by atoms with Gasteiger partial charge in [0.25, 0.3) is 5.91 Å². The van der Waals surface area contributed by atoms with Crippen LogP contribution in [-0.4, -0.2) is 76.4 Å². The van der Waals surface area contributed by atoms with Crippen molar-refractivity contribution < 1.29 is 14.6 Å². The van der Waals surface area contributed by atoms with Crippen molar-refractivity contribution in [3.05, 3.63) is 11.9 Å². The molecule has 0 aromatic carbocycles. The van der Waals surface area contributed by atoms with Crippen LogP contribution < -0.4 is 5.32 Å². The zero-order valence-corrected chi connectivity index (χ0v) is 11.9. The van der Waals surface area contributed by atoms with Crippen LogP contribution in [0.2, 0.25) is 0 Å². The van der Waals surface area contributed by atoms with Crippen molar-refractivity contribution in [2.75, 3.05) is 39.5 Å². The summed E-state index contributed by atoms with van der Waals surface area (Å²) >= 11 is 0. The van der Waals surface area contributed by atoms with Gasteiger partial charge < -0.3 is 20.1 Å². The molecule has 0 spiro atoms. The molecule has 1 atom stereocenters. The number of nitrogens with zero attached hydrogens (tertiary/aromatic N) is 4. The SMILES string of the molecule is O=C(c1cn(C2CCNCC2)nn1)N1CCOCC1CO. The van der Waals surface area contributed by atoms with E-state index >= 15 is 0 Å². The van der Waals surface area contributed by atoms with Crippen LogP contribution in [0.5, 0.6) is 0 Å². The Morgan fingerprint density at radius 1 is 1.48 bits per heavy atom. The molecule has 0 saturated carbocycles. The first-order valence-corrected chi connectivity index (χ1v) is 7.41. The topological polar surface area (TPSA) is 92.5 Å². The number of carbonyl (C=O) groups excluding carboxylic acids is 1. The molecule has 8 heteroatoms. The highest BCUT2D eigenvalue weighted by molar-refractivity contribution is 5.92. The Morgan fingerprint density at radius 2 is 2.29 bits per heavy atom. The predicted molar refractivity (Wildman–Crippen MR) is 73.9 cm³/mol. The van der Waals surface area contributed by atoms with Crippen LogP contribution in [0, 0.1) is 0 Å². The number of hydrogen-bond donors (Lipinski definition) is 2. The van der Waals surface area contributed by atoms with Crippen molar-refractivity contribution in [1.82, 2.24) is 25.2 Å². The molecule has 3 heterocycles. The predicted octanol–water partition coefficient (Wildman–Crippen LogP) is -0.964. The first-order valence-electron chi connectivity index (χ1n) is 7.41. The van der Waals surface area contributed by atoms with Gasteiger partial charge in [0, 0.05) is 6.54 Å². The number of hydrogen-bond acceptors (Lipinski definition) is 6. The molecule has 2 N–H and O–H groups in total. The van der Waals surface area contributed by atoms with Gasteiger partial charge in [-0.3, -0.25) is 4.79 Å². The lowest BCUT2D eigenvalue weighted by molar-refractivity contribution is -0.0186. The van der Waals surface area contributed by atoms with Gasteiger partial charge in [-0.15, -0.1) is 5.10 Å². The van der Waals surface area contributed by atoms with Gasteiger partial charge in [-0.2, -0.15) is 0 Å². The molecule has 1 aromatic rings. The minimum atomic E-state index is -0.296. The third-order valence-corrected chi connectivity index (χ3v) is 4.11. The zero-order chi connectivity index (χ0) is 14.7. The van der Waals surface area contributed by atoms with Crippen molar-refractivity contribution >= 4 is 5.91 Å². The minimum Gasteiger partial charge on any atom is -0.394 e. The van der Waals surface area contributed by atoms with Gasteiger partial charge in [0.15, 0.2) is 5.69 Å². The van der Waals surface area contributed by atoms with E-state index in [2.05, 4.69) is 15.6 Å². The van der Waals surface area contributed by atoms with E-state index in [9.17, 15) is 9.90 Å². The van der Waals surface area contributed by atoms with Crippen molar-refractivity contribution in [3.63, 3.8) is 0 Å². The van der Waals surface area contributed by atoms with Gasteiger partial charge >= 0.3 is 0 Å². The van der Waals surface area contributed by atoms with Crippen molar-refractivity contribution in [2.45, 2.75) is 24.9 Å². The molecule has 0 radical (unpaired) electrons. The summed E-state index contributed by atoms with van der Waals surface area (Å²) < 4.78 is 7.08. The molecule has 21 heavy (non-hydrogen) atoms. The van der Waals surface area contributed by atoms with Gasteiger partial charge in [-0.05, 0) is 25.9 Å². The quantitative estimate of drug-likeness (QED) is 0.746. The molecule has 116 valence electrons. The number of ether oxygens (including phenoxy) is 1. The smallest absolute Gasteiger partial charge is 0.276 e. The van der Waals surface area contributed by atoms with Crippen LogP contribution in [0.25, 0.3) is 0 Å². The fraction of sp³-hybridized carbons (Fsp3) is 0.769. The first kappa shape index (κ1) is 14.4. The monoisotopic (exact) mass is 295 g/mol. The highest BCUT2D eigenvalue weighted by atomic mass is 16.5. The average Bonchev–Trinajstić information content (AvgIpc) is 3.05. The number of aliphatic hydroxyl groups is 1. The maximum absolute atomic E-state index is 12.5. The molecular formula is C13H21N5O3. The molecular weight excluding hydrogens is 274 g/mol. The summed E-state index contributed by atoms with van der Waals surface area (Å²) in [5.74, 6) is -0.183. The molecule has 3 rings (SSSR count). The summed E-state index contributed by atoms with van der Waals surface area (Å²) in [6, 6.07) is 0.00825. The maximum atomic E-state index is 12.5. The summed E-state index contributed by atoms with van der Waals surface area (Å²) in [6.45, 7) is 3.15. The average molecular weight is 295 g/mol. The van der Waals surface area contributed by atoms with E-state index < -0.39 is 0 Å². The van der Waals surface area contributed by atoms with Gasteiger partial charge in [-0.25, -0.2) is 4.68 Å². The van der Waals surface area contributed by atoms with Crippen molar-refractivity contribution in [2.24, 2.45) is 0 Å². The summed E-state index contributed by atoms with van der Waals surface area (Å²) in [4.78, 5) is 14.1. The number of aliphatic hydroxyl groups excluding tert-OH is 1. The van der Waals surface area contributed by atoms with Crippen molar-refractivity contribution in [3.8, 4) is 0 Å². The van der Waals surface area contributed by atoms with E-state index in [-0.39, 0.29) is 18.6 Å².